The molecule has 2 heterocycles. The molecule has 0 bridgehead atoms. The first-order valence-electron chi connectivity index (χ1n) is 12.5. The summed E-state index contributed by atoms with van der Waals surface area (Å²) in [6.07, 6.45) is 3.99. The van der Waals surface area contributed by atoms with Crippen molar-refractivity contribution in [3.63, 3.8) is 0 Å². The lowest BCUT2D eigenvalue weighted by Gasteiger charge is -2.26. The lowest BCUT2D eigenvalue weighted by molar-refractivity contribution is 0.118. The summed E-state index contributed by atoms with van der Waals surface area (Å²) in [6, 6.07) is 17.2. The van der Waals surface area contributed by atoms with Crippen LogP contribution in [0.15, 0.2) is 67.0 Å². The minimum atomic E-state index is -0.357. The fraction of sp³-hybridized carbons (Fsp3) is 0.321. The zero-order valence-electron chi connectivity index (χ0n) is 20.6. The van der Waals surface area contributed by atoms with Crippen LogP contribution in [-0.4, -0.2) is 37.8 Å². The van der Waals surface area contributed by atoms with E-state index in [-0.39, 0.29) is 30.0 Å². The van der Waals surface area contributed by atoms with Crippen LogP contribution in [0.4, 0.5) is 15.0 Å². The van der Waals surface area contributed by atoms with Gasteiger partial charge in [0.15, 0.2) is 5.65 Å². The number of anilines is 1. The molecule has 8 nitrogen and oxygen atoms in total. The molecule has 1 atom stereocenters. The van der Waals surface area contributed by atoms with E-state index in [0.717, 1.165) is 18.4 Å². The number of amides is 1. The molecule has 37 heavy (non-hydrogen) atoms. The molecule has 1 saturated carbocycles. The molecule has 0 aliphatic heterocycles. The third-order valence-electron chi connectivity index (χ3n) is 6.68. The quantitative estimate of drug-likeness (QED) is 0.321. The number of benzene rings is 2. The lowest BCUT2D eigenvalue weighted by Crippen LogP contribution is -2.40. The second kappa shape index (κ2) is 11.0. The van der Waals surface area contributed by atoms with Crippen LogP contribution < -0.4 is 15.4 Å². The molecule has 1 aliphatic carbocycles. The maximum absolute atomic E-state index is 14.2. The molecular formula is C28H30FN5O3. The summed E-state index contributed by atoms with van der Waals surface area (Å²) >= 11 is 0. The molecule has 0 saturated heterocycles. The number of pyridine rings is 1. The Bertz CT molecular complexity index is 1370. The third kappa shape index (κ3) is 5.89. The van der Waals surface area contributed by atoms with Crippen molar-refractivity contribution in [3.8, 4) is 5.75 Å². The first kappa shape index (κ1) is 24.7. The second-order valence-electron chi connectivity index (χ2n) is 9.43. The van der Waals surface area contributed by atoms with Crippen LogP contribution in [0.25, 0.3) is 11.2 Å². The number of aliphatic hydroxyl groups is 1. The molecule has 192 valence electrons. The van der Waals surface area contributed by atoms with E-state index in [1.54, 1.807) is 18.2 Å². The SMILES string of the molecule is C[C@@H](Nc1ccc2ncn(C(=O)NC3CCC(O)CC3)c2n1)c1cc(F)ccc1OCc1ccccc1. The van der Waals surface area contributed by atoms with Crippen molar-refractivity contribution in [2.45, 2.75) is 57.4 Å². The summed E-state index contributed by atoms with van der Waals surface area (Å²) in [5.74, 6) is 0.742. The first-order valence-corrected chi connectivity index (χ1v) is 12.5. The van der Waals surface area contributed by atoms with Gasteiger partial charge in [0.1, 0.15) is 35.8 Å². The van der Waals surface area contributed by atoms with Gasteiger partial charge in [-0.2, -0.15) is 0 Å². The Balaban J connectivity index is 1.31. The van der Waals surface area contributed by atoms with Crippen LogP contribution in [0.2, 0.25) is 0 Å². The van der Waals surface area contributed by atoms with Crippen molar-refractivity contribution in [3.05, 3.63) is 83.9 Å². The number of carbonyl (C=O) groups excluding carboxylic acids is 1. The molecule has 5 rings (SSSR count). The molecule has 3 N–H and O–H groups in total. The average molecular weight is 504 g/mol. The summed E-state index contributed by atoms with van der Waals surface area (Å²) in [5, 5.41) is 16.0. The van der Waals surface area contributed by atoms with Crippen LogP contribution in [0.1, 0.15) is 49.8 Å². The van der Waals surface area contributed by atoms with Crippen molar-refractivity contribution in [1.29, 1.82) is 0 Å². The number of rotatable bonds is 7. The molecule has 1 aliphatic rings. The lowest BCUT2D eigenvalue weighted by atomic mass is 9.93. The standard InChI is InChI=1S/C28H30FN5O3/c1-18(23-15-20(29)7-13-25(23)37-16-19-5-3-2-4-6-19)31-26-14-12-24-27(33-26)34(17-30-24)28(36)32-21-8-10-22(35)11-9-21/h2-7,12-15,17-18,21-22,35H,8-11,16H2,1H3,(H,31,33)(H,32,36)/t18-,21?,22?/m1/s1. The third-order valence-corrected chi connectivity index (χ3v) is 6.68. The van der Waals surface area contributed by atoms with E-state index in [0.29, 0.717) is 47.7 Å². The normalized spacial score (nSPS) is 18.4. The van der Waals surface area contributed by atoms with Gasteiger partial charge >= 0.3 is 6.03 Å². The molecule has 2 aromatic carbocycles. The predicted octanol–water partition coefficient (Wildman–Crippen LogP) is 5.18. The highest BCUT2D eigenvalue weighted by Crippen LogP contribution is 2.29. The zero-order chi connectivity index (χ0) is 25.8. The minimum absolute atomic E-state index is 0.0111. The van der Waals surface area contributed by atoms with E-state index in [1.165, 1.54) is 23.0 Å². The maximum atomic E-state index is 14.2. The summed E-state index contributed by atoms with van der Waals surface area (Å²) in [5.41, 5.74) is 2.68. The van der Waals surface area contributed by atoms with Gasteiger partial charge in [-0.25, -0.2) is 23.7 Å². The second-order valence-corrected chi connectivity index (χ2v) is 9.43. The maximum Gasteiger partial charge on any atom is 0.328 e. The molecule has 4 aromatic rings. The summed E-state index contributed by atoms with van der Waals surface area (Å²) in [7, 11) is 0. The Morgan fingerprint density at radius 1 is 1.14 bits per heavy atom. The Labute approximate surface area is 214 Å². The molecule has 1 amide bonds. The van der Waals surface area contributed by atoms with Crippen LogP contribution in [0, 0.1) is 5.82 Å². The van der Waals surface area contributed by atoms with Crippen molar-refractivity contribution in [2.75, 3.05) is 5.32 Å². The van der Waals surface area contributed by atoms with Gasteiger partial charge in [0, 0.05) is 11.6 Å². The fourth-order valence-corrected chi connectivity index (χ4v) is 4.61. The fourth-order valence-electron chi connectivity index (χ4n) is 4.61. The number of nitrogens with zero attached hydrogens (tertiary/aromatic N) is 3. The van der Waals surface area contributed by atoms with Crippen LogP contribution in [-0.2, 0) is 6.61 Å². The van der Waals surface area contributed by atoms with E-state index >= 15 is 0 Å². The number of fused-ring (bicyclic) bond motifs is 1. The van der Waals surface area contributed by atoms with Crippen LogP contribution in [0.3, 0.4) is 0 Å². The van der Waals surface area contributed by atoms with E-state index in [4.69, 9.17) is 4.74 Å². The molecule has 1 fully saturated rings. The smallest absolute Gasteiger partial charge is 0.328 e. The van der Waals surface area contributed by atoms with Gasteiger partial charge in [-0.1, -0.05) is 30.3 Å². The zero-order valence-corrected chi connectivity index (χ0v) is 20.6. The predicted molar refractivity (Wildman–Crippen MR) is 139 cm³/mol. The average Bonchev–Trinajstić information content (AvgIpc) is 3.33. The summed E-state index contributed by atoms with van der Waals surface area (Å²) < 4.78 is 21.6. The Kier molecular flexibility index (Phi) is 7.32. The highest BCUT2D eigenvalue weighted by molar-refractivity contribution is 5.87. The van der Waals surface area contributed by atoms with Crippen LogP contribution in [0.5, 0.6) is 5.75 Å². The number of hydrogen-bond acceptors (Lipinski definition) is 6. The van der Waals surface area contributed by atoms with Crippen molar-refractivity contribution in [1.82, 2.24) is 19.9 Å². The summed E-state index contributed by atoms with van der Waals surface area (Å²) in [4.78, 5) is 21.9. The Morgan fingerprint density at radius 3 is 2.70 bits per heavy atom. The number of aromatic nitrogens is 3. The number of hydrogen-bond donors (Lipinski definition) is 3. The van der Waals surface area contributed by atoms with E-state index in [1.807, 2.05) is 37.3 Å². The minimum Gasteiger partial charge on any atom is -0.489 e. The molecule has 0 radical (unpaired) electrons. The first-order chi connectivity index (χ1) is 18.0. The van der Waals surface area contributed by atoms with Gasteiger partial charge in [-0.15, -0.1) is 0 Å². The number of halogens is 1. The van der Waals surface area contributed by atoms with E-state index < -0.39 is 0 Å². The number of imidazole rings is 1. The van der Waals surface area contributed by atoms with Gasteiger partial charge in [-0.3, -0.25) is 0 Å². The molecule has 0 unspecified atom stereocenters. The van der Waals surface area contributed by atoms with Crippen molar-refractivity contribution < 1.29 is 19.0 Å². The van der Waals surface area contributed by atoms with Gasteiger partial charge < -0.3 is 20.5 Å². The topological polar surface area (TPSA) is 101 Å². The highest BCUT2D eigenvalue weighted by Gasteiger charge is 2.22. The number of nitrogens with one attached hydrogen (secondary N) is 2. The Hall–Kier alpha value is -3.98. The highest BCUT2D eigenvalue weighted by atomic mass is 19.1. The number of aliphatic hydroxyl groups excluding tert-OH is 1. The van der Waals surface area contributed by atoms with Crippen molar-refractivity contribution >= 4 is 23.0 Å². The van der Waals surface area contributed by atoms with Gasteiger partial charge in [0.05, 0.1) is 12.1 Å². The number of carbonyl (C=O) groups is 1. The summed E-state index contributed by atoms with van der Waals surface area (Å²) in [6.45, 7) is 2.27. The van der Waals surface area contributed by atoms with Gasteiger partial charge in [0.2, 0.25) is 0 Å². The molecule has 9 heteroatoms. The van der Waals surface area contributed by atoms with Crippen molar-refractivity contribution in [2.24, 2.45) is 0 Å². The molecule has 0 spiro atoms. The monoisotopic (exact) mass is 503 g/mol. The molecule has 2 aromatic heterocycles. The largest absolute Gasteiger partial charge is 0.489 e. The van der Waals surface area contributed by atoms with Gasteiger partial charge in [0.25, 0.3) is 0 Å². The van der Waals surface area contributed by atoms with Crippen LogP contribution >= 0.6 is 0 Å². The van der Waals surface area contributed by atoms with Gasteiger partial charge in [-0.05, 0) is 68.5 Å². The van der Waals surface area contributed by atoms with E-state index in [2.05, 4.69) is 20.6 Å². The number of ether oxygens (including phenoxy) is 1. The molecular weight excluding hydrogens is 473 g/mol. The Morgan fingerprint density at radius 2 is 1.92 bits per heavy atom. The van der Waals surface area contributed by atoms with E-state index in [9.17, 15) is 14.3 Å².